The van der Waals surface area contributed by atoms with E-state index in [-0.39, 0.29) is 0 Å². The lowest BCUT2D eigenvalue weighted by Gasteiger charge is -2.09. The molecule has 100 valence electrons. The first-order valence-corrected chi connectivity index (χ1v) is 6.67. The van der Waals surface area contributed by atoms with Crippen molar-refractivity contribution in [2.45, 2.75) is 20.3 Å². The summed E-state index contributed by atoms with van der Waals surface area (Å²) in [6.45, 7) is 4.96. The third-order valence-electron chi connectivity index (χ3n) is 2.49. The molecule has 2 aromatic rings. The Kier molecular flexibility index (Phi) is 4.58. The number of anilines is 3. The molecule has 1 aromatic carbocycles. The van der Waals surface area contributed by atoms with E-state index in [9.17, 15) is 0 Å². The number of nitrogens with one attached hydrogen (secondary N) is 2. The van der Waals surface area contributed by atoms with Crippen molar-refractivity contribution >= 4 is 29.1 Å². The number of hydrogen-bond acceptors (Lipinski definition) is 4. The Hall–Kier alpha value is -1.81. The van der Waals surface area contributed by atoms with E-state index in [2.05, 4.69) is 27.5 Å². The van der Waals surface area contributed by atoms with Crippen molar-refractivity contribution in [3.8, 4) is 0 Å². The van der Waals surface area contributed by atoms with Crippen LogP contribution in [0.1, 0.15) is 19.0 Å². The average Bonchev–Trinajstić information content (AvgIpc) is 2.35. The van der Waals surface area contributed by atoms with Gasteiger partial charge in [0.25, 0.3) is 0 Å². The van der Waals surface area contributed by atoms with Gasteiger partial charge in [0.1, 0.15) is 5.82 Å². The Morgan fingerprint density at radius 1 is 1.21 bits per heavy atom. The third kappa shape index (κ3) is 4.10. The summed E-state index contributed by atoms with van der Waals surface area (Å²) in [6, 6.07) is 9.41. The number of rotatable bonds is 5. The predicted molar refractivity (Wildman–Crippen MR) is 80.3 cm³/mol. The lowest BCUT2D eigenvalue weighted by molar-refractivity contribution is 0.962. The molecule has 0 aliphatic rings. The molecule has 1 heterocycles. The predicted octanol–water partition coefficient (Wildman–Crippen LogP) is 4.00. The molecule has 0 bridgehead atoms. The fraction of sp³-hybridized carbons (Fsp3) is 0.286. The van der Waals surface area contributed by atoms with Crippen LogP contribution in [-0.4, -0.2) is 16.5 Å². The second-order valence-corrected chi connectivity index (χ2v) is 4.72. The van der Waals surface area contributed by atoms with Gasteiger partial charge in [0, 0.05) is 29.0 Å². The van der Waals surface area contributed by atoms with Crippen LogP contribution >= 0.6 is 11.6 Å². The average molecular weight is 277 g/mol. The standard InChI is InChI=1S/C14H17ClN4/c1-3-7-16-13-8-10(2)17-14(19-13)18-12-6-4-5-11(15)9-12/h4-6,8-9H,3,7H2,1-2H3,(H2,16,17,18,19). The van der Waals surface area contributed by atoms with Gasteiger partial charge in [0.2, 0.25) is 5.95 Å². The molecule has 0 saturated carbocycles. The highest BCUT2D eigenvalue weighted by molar-refractivity contribution is 6.30. The maximum absolute atomic E-state index is 5.95. The Bertz CT molecular complexity index is 557. The topological polar surface area (TPSA) is 49.8 Å². The number of hydrogen-bond donors (Lipinski definition) is 2. The van der Waals surface area contributed by atoms with Crippen LogP contribution in [0.5, 0.6) is 0 Å². The molecule has 0 atom stereocenters. The van der Waals surface area contributed by atoms with E-state index in [1.807, 2.05) is 37.3 Å². The van der Waals surface area contributed by atoms with E-state index >= 15 is 0 Å². The van der Waals surface area contributed by atoms with Crippen LogP contribution in [0.2, 0.25) is 5.02 Å². The normalized spacial score (nSPS) is 10.3. The van der Waals surface area contributed by atoms with Crippen molar-refractivity contribution in [1.29, 1.82) is 0 Å². The fourth-order valence-corrected chi connectivity index (χ4v) is 1.85. The summed E-state index contributed by atoms with van der Waals surface area (Å²) in [7, 11) is 0. The van der Waals surface area contributed by atoms with Crippen molar-refractivity contribution in [1.82, 2.24) is 9.97 Å². The summed E-state index contributed by atoms with van der Waals surface area (Å²) in [5, 5.41) is 7.09. The Balaban J connectivity index is 2.17. The van der Waals surface area contributed by atoms with Gasteiger partial charge in [-0.25, -0.2) is 4.98 Å². The van der Waals surface area contributed by atoms with E-state index in [4.69, 9.17) is 11.6 Å². The van der Waals surface area contributed by atoms with Gasteiger partial charge in [0.15, 0.2) is 0 Å². The lowest BCUT2D eigenvalue weighted by Crippen LogP contribution is -2.06. The van der Waals surface area contributed by atoms with Gasteiger partial charge in [0.05, 0.1) is 0 Å². The molecule has 5 heteroatoms. The minimum absolute atomic E-state index is 0.570. The second kappa shape index (κ2) is 6.38. The second-order valence-electron chi connectivity index (χ2n) is 4.28. The molecule has 2 N–H and O–H groups in total. The molecule has 4 nitrogen and oxygen atoms in total. The molecule has 0 spiro atoms. The molecule has 0 radical (unpaired) electrons. The summed E-state index contributed by atoms with van der Waals surface area (Å²) in [5.41, 5.74) is 1.79. The van der Waals surface area contributed by atoms with Gasteiger partial charge in [-0.3, -0.25) is 0 Å². The molecule has 19 heavy (non-hydrogen) atoms. The van der Waals surface area contributed by atoms with Crippen LogP contribution < -0.4 is 10.6 Å². The highest BCUT2D eigenvalue weighted by Crippen LogP contribution is 2.19. The van der Waals surface area contributed by atoms with Crippen molar-refractivity contribution < 1.29 is 0 Å². The van der Waals surface area contributed by atoms with E-state index in [1.165, 1.54) is 0 Å². The zero-order chi connectivity index (χ0) is 13.7. The molecule has 0 aliphatic heterocycles. The number of nitrogens with zero attached hydrogens (tertiary/aromatic N) is 2. The van der Waals surface area contributed by atoms with Crippen LogP contribution in [-0.2, 0) is 0 Å². The first-order chi connectivity index (χ1) is 9.17. The summed E-state index contributed by atoms with van der Waals surface area (Å²) in [6.07, 6.45) is 1.06. The zero-order valence-corrected chi connectivity index (χ0v) is 11.8. The summed E-state index contributed by atoms with van der Waals surface area (Å²) in [4.78, 5) is 8.78. The SMILES string of the molecule is CCCNc1cc(C)nc(Nc2cccc(Cl)c2)n1. The van der Waals surface area contributed by atoms with Crippen LogP contribution in [0.15, 0.2) is 30.3 Å². The Labute approximate surface area is 118 Å². The summed E-state index contributed by atoms with van der Waals surface area (Å²) in [5.74, 6) is 1.40. The minimum atomic E-state index is 0.570. The summed E-state index contributed by atoms with van der Waals surface area (Å²) >= 11 is 5.95. The third-order valence-corrected chi connectivity index (χ3v) is 2.73. The van der Waals surface area contributed by atoms with Crippen LogP contribution in [0, 0.1) is 6.92 Å². The molecular weight excluding hydrogens is 260 g/mol. The highest BCUT2D eigenvalue weighted by atomic mass is 35.5. The first-order valence-electron chi connectivity index (χ1n) is 6.29. The number of aryl methyl sites for hydroxylation is 1. The maximum atomic E-state index is 5.95. The number of halogens is 1. The summed E-state index contributed by atoms with van der Waals surface area (Å²) < 4.78 is 0. The molecule has 0 fully saturated rings. The van der Waals surface area contributed by atoms with Gasteiger partial charge in [-0.1, -0.05) is 24.6 Å². The minimum Gasteiger partial charge on any atom is -0.370 e. The van der Waals surface area contributed by atoms with E-state index in [1.54, 1.807) is 0 Å². The van der Waals surface area contributed by atoms with Crippen LogP contribution in [0.25, 0.3) is 0 Å². The van der Waals surface area contributed by atoms with Gasteiger partial charge in [-0.05, 0) is 31.5 Å². The van der Waals surface area contributed by atoms with E-state index < -0.39 is 0 Å². The lowest BCUT2D eigenvalue weighted by atomic mass is 10.3. The van der Waals surface area contributed by atoms with Gasteiger partial charge in [-0.2, -0.15) is 4.98 Å². The quantitative estimate of drug-likeness (QED) is 0.866. The number of aromatic nitrogens is 2. The van der Waals surface area contributed by atoms with E-state index in [0.29, 0.717) is 11.0 Å². The molecular formula is C14H17ClN4. The first kappa shape index (κ1) is 13.6. The molecule has 0 amide bonds. The zero-order valence-electron chi connectivity index (χ0n) is 11.1. The van der Waals surface area contributed by atoms with Crippen molar-refractivity contribution in [3.05, 3.63) is 41.0 Å². The molecule has 0 saturated heterocycles. The molecule has 1 aromatic heterocycles. The fourth-order valence-electron chi connectivity index (χ4n) is 1.66. The molecule has 0 unspecified atom stereocenters. The highest BCUT2D eigenvalue weighted by Gasteiger charge is 2.02. The number of benzene rings is 1. The van der Waals surface area contributed by atoms with Gasteiger partial charge in [-0.15, -0.1) is 0 Å². The smallest absolute Gasteiger partial charge is 0.229 e. The molecule has 2 rings (SSSR count). The molecule has 0 aliphatic carbocycles. The van der Waals surface area contributed by atoms with Gasteiger partial charge < -0.3 is 10.6 Å². The van der Waals surface area contributed by atoms with Crippen LogP contribution in [0.4, 0.5) is 17.5 Å². The Morgan fingerprint density at radius 2 is 2.05 bits per heavy atom. The van der Waals surface area contributed by atoms with Crippen LogP contribution in [0.3, 0.4) is 0 Å². The van der Waals surface area contributed by atoms with Crippen molar-refractivity contribution in [2.24, 2.45) is 0 Å². The largest absolute Gasteiger partial charge is 0.370 e. The van der Waals surface area contributed by atoms with Gasteiger partial charge >= 0.3 is 0 Å². The maximum Gasteiger partial charge on any atom is 0.229 e. The monoisotopic (exact) mass is 276 g/mol. The van der Waals surface area contributed by atoms with Crippen molar-refractivity contribution in [3.63, 3.8) is 0 Å². The Morgan fingerprint density at radius 3 is 2.79 bits per heavy atom. The van der Waals surface area contributed by atoms with E-state index in [0.717, 1.165) is 30.2 Å². The van der Waals surface area contributed by atoms with Crippen molar-refractivity contribution in [2.75, 3.05) is 17.2 Å².